The van der Waals surface area contributed by atoms with Crippen LogP contribution in [0.1, 0.15) is 47.7 Å². The Morgan fingerprint density at radius 3 is 2.50 bits per heavy atom. The van der Waals surface area contributed by atoms with E-state index in [1.54, 1.807) is 12.1 Å². The predicted molar refractivity (Wildman–Crippen MR) is 71.8 cm³/mol. The second kappa shape index (κ2) is 7.16. The van der Waals surface area contributed by atoms with Crippen LogP contribution in [0.5, 0.6) is 0 Å². The van der Waals surface area contributed by atoms with Crippen LogP contribution in [0.4, 0.5) is 0 Å². The molecule has 5 heteroatoms. The quantitative estimate of drug-likeness (QED) is 0.800. The molecule has 0 atom stereocenters. The summed E-state index contributed by atoms with van der Waals surface area (Å²) in [6.45, 7) is 4.58. The van der Waals surface area contributed by atoms with E-state index in [-0.39, 0.29) is 5.91 Å². The molecule has 1 aromatic heterocycles. The maximum atomic E-state index is 11.7. The molecule has 1 rings (SSSR count). The molecular weight excluding hydrogens is 250 g/mol. The van der Waals surface area contributed by atoms with E-state index >= 15 is 0 Å². The van der Waals surface area contributed by atoms with Crippen molar-refractivity contribution in [2.24, 2.45) is 5.92 Å². The van der Waals surface area contributed by atoms with Crippen molar-refractivity contribution < 1.29 is 14.7 Å². The highest BCUT2D eigenvalue weighted by Crippen LogP contribution is 2.16. The van der Waals surface area contributed by atoms with E-state index in [0.29, 0.717) is 23.8 Å². The summed E-state index contributed by atoms with van der Waals surface area (Å²) in [4.78, 5) is 23.5. The van der Waals surface area contributed by atoms with Crippen LogP contribution in [0.2, 0.25) is 0 Å². The van der Waals surface area contributed by atoms with Gasteiger partial charge in [0.2, 0.25) is 5.91 Å². The highest BCUT2D eigenvalue weighted by molar-refractivity contribution is 7.13. The number of carbonyl (C=O) groups excluding carboxylic acids is 1. The van der Waals surface area contributed by atoms with Crippen molar-refractivity contribution in [3.8, 4) is 0 Å². The molecule has 18 heavy (non-hydrogen) atoms. The average Bonchev–Trinajstić information content (AvgIpc) is 2.82. The van der Waals surface area contributed by atoms with E-state index < -0.39 is 5.97 Å². The zero-order valence-electron chi connectivity index (χ0n) is 10.7. The van der Waals surface area contributed by atoms with Crippen molar-refractivity contribution in [2.45, 2.75) is 39.7 Å². The number of aromatic carboxylic acids is 1. The molecule has 100 valence electrons. The fourth-order valence-electron chi connectivity index (χ4n) is 1.69. The van der Waals surface area contributed by atoms with Crippen LogP contribution in [0.15, 0.2) is 12.1 Å². The summed E-state index contributed by atoms with van der Waals surface area (Å²) in [6.07, 6.45) is 2.56. The Labute approximate surface area is 111 Å². The molecule has 2 N–H and O–H groups in total. The van der Waals surface area contributed by atoms with Crippen LogP contribution >= 0.6 is 11.3 Å². The lowest BCUT2D eigenvalue weighted by molar-refractivity contribution is -0.122. The van der Waals surface area contributed by atoms with Gasteiger partial charge < -0.3 is 10.4 Å². The molecule has 0 aromatic carbocycles. The molecule has 0 aliphatic rings. The Balaban J connectivity index is 2.39. The lowest BCUT2D eigenvalue weighted by Gasteiger charge is -2.11. The van der Waals surface area contributed by atoms with Gasteiger partial charge in [0.25, 0.3) is 0 Å². The first kappa shape index (κ1) is 14.7. The van der Waals surface area contributed by atoms with E-state index in [1.807, 2.05) is 0 Å². The van der Waals surface area contributed by atoms with E-state index in [0.717, 1.165) is 17.7 Å². The molecule has 4 nitrogen and oxygen atoms in total. The molecule has 1 heterocycles. The molecule has 1 amide bonds. The molecule has 0 saturated heterocycles. The van der Waals surface area contributed by atoms with Crippen molar-refractivity contribution in [1.82, 2.24) is 5.32 Å². The lowest BCUT2D eigenvalue weighted by Crippen LogP contribution is -2.24. The Hall–Kier alpha value is -1.36. The van der Waals surface area contributed by atoms with Gasteiger partial charge >= 0.3 is 5.97 Å². The van der Waals surface area contributed by atoms with Crippen LogP contribution in [0, 0.1) is 5.92 Å². The topological polar surface area (TPSA) is 66.4 Å². The van der Waals surface area contributed by atoms with Crippen LogP contribution in [0.25, 0.3) is 0 Å². The van der Waals surface area contributed by atoms with Gasteiger partial charge in [0.15, 0.2) is 0 Å². The Morgan fingerprint density at radius 1 is 1.33 bits per heavy atom. The number of thiophene rings is 1. The fraction of sp³-hybridized carbons (Fsp3) is 0.538. The summed E-state index contributed by atoms with van der Waals surface area (Å²) >= 11 is 1.20. The zero-order valence-corrected chi connectivity index (χ0v) is 11.5. The second-order valence-electron chi connectivity index (χ2n) is 4.23. The van der Waals surface area contributed by atoms with Gasteiger partial charge in [-0.25, -0.2) is 4.79 Å². The first-order valence-electron chi connectivity index (χ1n) is 6.15. The van der Waals surface area contributed by atoms with Crippen molar-refractivity contribution >= 4 is 23.2 Å². The molecule has 0 aliphatic heterocycles. The van der Waals surface area contributed by atoms with Gasteiger partial charge in [-0.3, -0.25) is 4.79 Å². The van der Waals surface area contributed by atoms with Gasteiger partial charge in [-0.1, -0.05) is 26.7 Å². The normalized spacial score (nSPS) is 10.6. The van der Waals surface area contributed by atoms with Crippen molar-refractivity contribution in [2.75, 3.05) is 0 Å². The molecule has 0 saturated carbocycles. The fourth-order valence-corrected chi connectivity index (χ4v) is 2.47. The molecule has 0 unspecified atom stereocenters. The summed E-state index contributed by atoms with van der Waals surface area (Å²) in [6, 6.07) is 3.31. The number of amides is 1. The molecule has 0 fully saturated rings. The standard InChI is InChI=1S/C13H19NO3S/c1-3-9(4-2)7-12(15)14-8-10-5-6-11(18-10)13(16)17/h5-6,9H,3-4,7-8H2,1-2H3,(H,14,15)(H,16,17). The Morgan fingerprint density at radius 2 is 2.00 bits per heavy atom. The number of rotatable bonds is 7. The monoisotopic (exact) mass is 269 g/mol. The van der Waals surface area contributed by atoms with E-state index in [2.05, 4.69) is 19.2 Å². The van der Waals surface area contributed by atoms with Crippen molar-refractivity contribution in [3.63, 3.8) is 0 Å². The molecule has 1 aromatic rings. The summed E-state index contributed by atoms with van der Waals surface area (Å²) in [7, 11) is 0. The minimum absolute atomic E-state index is 0.0361. The van der Waals surface area contributed by atoms with E-state index in [1.165, 1.54) is 11.3 Å². The summed E-state index contributed by atoms with van der Waals surface area (Å²) < 4.78 is 0. The van der Waals surface area contributed by atoms with Gasteiger partial charge in [0, 0.05) is 11.3 Å². The third-order valence-electron chi connectivity index (χ3n) is 2.96. The Bertz CT molecular complexity index is 410. The van der Waals surface area contributed by atoms with Crippen LogP contribution in [-0.4, -0.2) is 17.0 Å². The third kappa shape index (κ3) is 4.49. The number of hydrogen-bond acceptors (Lipinski definition) is 3. The van der Waals surface area contributed by atoms with Gasteiger partial charge in [0.05, 0.1) is 6.54 Å². The van der Waals surface area contributed by atoms with Crippen molar-refractivity contribution in [1.29, 1.82) is 0 Å². The smallest absolute Gasteiger partial charge is 0.345 e. The molecule has 0 aliphatic carbocycles. The van der Waals surface area contributed by atoms with Crippen molar-refractivity contribution in [3.05, 3.63) is 21.9 Å². The lowest BCUT2D eigenvalue weighted by atomic mass is 9.99. The minimum atomic E-state index is -0.922. The SMILES string of the molecule is CCC(CC)CC(=O)NCc1ccc(C(=O)O)s1. The van der Waals surface area contributed by atoms with E-state index in [9.17, 15) is 9.59 Å². The van der Waals surface area contributed by atoms with Gasteiger partial charge in [-0.05, 0) is 18.1 Å². The minimum Gasteiger partial charge on any atom is -0.477 e. The molecular formula is C13H19NO3S. The summed E-state index contributed by atoms with van der Waals surface area (Å²) in [5, 5.41) is 11.6. The largest absolute Gasteiger partial charge is 0.477 e. The highest BCUT2D eigenvalue weighted by atomic mass is 32.1. The van der Waals surface area contributed by atoms with E-state index in [4.69, 9.17) is 5.11 Å². The van der Waals surface area contributed by atoms with Crippen LogP contribution < -0.4 is 5.32 Å². The number of carboxylic acids is 1. The first-order valence-corrected chi connectivity index (χ1v) is 6.97. The number of nitrogens with one attached hydrogen (secondary N) is 1. The van der Waals surface area contributed by atoms with Gasteiger partial charge in [-0.15, -0.1) is 11.3 Å². The number of carboxylic acid groups (broad SMARTS) is 1. The van der Waals surface area contributed by atoms with Crippen LogP contribution in [0.3, 0.4) is 0 Å². The van der Waals surface area contributed by atoms with Gasteiger partial charge in [0.1, 0.15) is 4.88 Å². The number of hydrogen-bond donors (Lipinski definition) is 2. The maximum absolute atomic E-state index is 11.7. The molecule has 0 radical (unpaired) electrons. The highest BCUT2D eigenvalue weighted by Gasteiger charge is 2.11. The van der Waals surface area contributed by atoms with Crippen LogP contribution in [-0.2, 0) is 11.3 Å². The summed E-state index contributed by atoms with van der Waals surface area (Å²) in [5.41, 5.74) is 0. The van der Waals surface area contributed by atoms with Gasteiger partial charge in [-0.2, -0.15) is 0 Å². The molecule has 0 spiro atoms. The summed E-state index contributed by atoms with van der Waals surface area (Å²) in [5.74, 6) is -0.452. The Kier molecular flexibility index (Phi) is 5.85. The maximum Gasteiger partial charge on any atom is 0.345 e. The average molecular weight is 269 g/mol. The molecule has 0 bridgehead atoms. The third-order valence-corrected chi connectivity index (χ3v) is 4.03. The first-order chi connectivity index (χ1) is 8.56. The predicted octanol–water partition coefficient (Wildman–Crippen LogP) is 2.89. The zero-order chi connectivity index (χ0) is 13.5. The number of carbonyl (C=O) groups is 2. The second-order valence-corrected chi connectivity index (χ2v) is 5.40.